The summed E-state index contributed by atoms with van der Waals surface area (Å²) in [5.74, 6) is 0.697. The van der Waals surface area contributed by atoms with Crippen LogP contribution in [0.25, 0.3) is 0 Å². The van der Waals surface area contributed by atoms with E-state index in [1.807, 2.05) is 13.1 Å². The van der Waals surface area contributed by atoms with Gasteiger partial charge in [0.25, 0.3) is 5.91 Å². The van der Waals surface area contributed by atoms with Crippen LogP contribution >= 0.6 is 0 Å². The van der Waals surface area contributed by atoms with Gasteiger partial charge in [-0.1, -0.05) is 6.92 Å². The van der Waals surface area contributed by atoms with Crippen LogP contribution in [-0.4, -0.2) is 59.9 Å². The first-order chi connectivity index (χ1) is 14.4. The lowest BCUT2D eigenvalue weighted by Gasteiger charge is -2.35. The molecule has 158 valence electrons. The van der Waals surface area contributed by atoms with Crippen molar-refractivity contribution in [3.05, 3.63) is 30.0 Å². The maximum atomic E-state index is 12.7. The Morgan fingerprint density at radius 2 is 2.03 bits per heavy atom. The van der Waals surface area contributed by atoms with E-state index in [2.05, 4.69) is 42.8 Å². The maximum absolute atomic E-state index is 12.7. The van der Waals surface area contributed by atoms with Crippen LogP contribution in [0.4, 0.5) is 28.8 Å². The van der Waals surface area contributed by atoms with Gasteiger partial charge in [-0.15, -0.1) is 0 Å². The van der Waals surface area contributed by atoms with Crippen molar-refractivity contribution in [2.24, 2.45) is 0 Å². The van der Waals surface area contributed by atoms with Gasteiger partial charge in [0.05, 0.1) is 11.4 Å². The van der Waals surface area contributed by atoms with Gasteiger partial charge in [0.2, 0.25) is 11.9 Å². The number of anilines is 5. The van der Waals surface area contributed by atoms with E-state index in [0.717, 1.165) is 25.9 Å². The molecule has 9 heteroatoms. The number of hydrogen-bond donors (Lipinski definition) is 3. The number of benzene rings is 1. The Labute approximate surface area is 175 Å². The number of hydrogen-bond acceptors (Lipinski definition) is 7. The van der Waals surface area contributed by atoms with Crippen molar-refractivity contribution in [2.45, 2.75) is 32.2 Å². The lowest BCUT2D eigenvalue weighted by molar-refractivity contribution is -0.115. The minimum absolute atomic E-state index is 0.0846. The molecule has 3 N–H and O–H groups in total. The molecule has 3 heterocycles. The van der Waals surface area contributed by atoms with Gasteiger partial charge in [-0.2, -0.15) is 4.98 Å². The first-order valence-electron chi connectivity index (χ1n) is 10.2. The van der Waals surface area contributed by atoms with Gasteiger partial charge in [-0.05, 0) is 51.2 Å². The zero-order valence-corrected chi connectivity index (χ0v) is 17.5. The summed E-state index contributed by atoms with van der Waals surface area (Å²) in [6, 6.07) is 5.72. The Morgan fingerprint density at radius 1 is 1.27 bits per heavy atom. The summed E-state index contributed by atoms with van der Waals surface area (Å²) in [7, 11) is 4.14. The number of fused-ring (bicyclic) bond motifs is 2. The highest BCUT2D eigenvalue weighted by molar-refractivity contribution is 6.11. The second-order valence-corrected chi connectivity index (χ2v) is 7.82. The second kappa shape index (κ2) is 8.27. The standard InChI is InChI=1S/C21H27N7O2/c1-4-18(29)23-13-5-6-16-17(11-13)25-20(30)15-12-22-21(26-19(15)24-16)28(3)14-7-9-27(2)10-8-14/h5-6,11-12,14H,4,7-10H2,1-3H3,(H,23,29)(H,25,30)(H,22,24,26). The molecule has 0 saturated carbocycles. The molecule has 30 heavy (non-hydrogen) atoms. The Balaban J connectivity index is 1.59. The maximum Gasteiger partial charge on any atom is 0.261 e. The Bertz CT molecular complexity index is 970. The van der Waals surface area contributed by atoms with Crippen molar-refractivity contribution in [3.63, 3.8) is 0 Å². The summed E-state index contributed by atoms with van der Waals surface area (Å²) in [5.41, 5.74) is 2.30. The van der Waals surface area contributed by atoms with Crippen LogP contribution < -0.4 is 20.9 Å². The number of likely N-dealkylation sites (tertiary alicyclic amines) is 1. The molecule has 2 aromatic rings. The van der Waals surface area contributed by atoms with Gasteiger partial charge >= 0.3 is 0 Å². The third kappa shape index (κ3) is 4.06. The SMILES string of the molecule is CCC(=O)Nc1ccc2c(c1)NC(=O)c1cnc(N(C)C3CCN(C)CC3)nc1N2. The van der Waals surface area contributed by atoms with Crippen molar-refractivity contribution < 1.29 is 9.59 Å². The number of aromatic nitrogens is 2. The first kappa shape index (κ1) is 20.1. The third-order valence-electron chi connectivity index (χ3n) is 5.70. The van der Waals surface area contributed by atoms with Crippen molar-refractivity contribution in [1.82, 2.24) is 14.9 Å². The molecule has 1 aromatic heterocycles. The summed E-state index contributed by atoms with van der Waals surface area (Å²) < 4.78 is 0. The van der Waals surface area contributed by atoms with Crippen LogP contribution in [0.5, 0.6) is 0 Å². The summed E-state index contributed by atoms with van der Waals surface area (Å²) in [5, 5.41) is 8.93. The fourth-order valence-corrected chi connectivity index (χ4v) is 3.75. The average Bonchev–Trinajstić information content (AvgIpc) is 2.88. The Morgan fingerprint density at radius 3 is 2.77 bits per heavy atom. The molecule has 2 aliphatic rings. The number of carbonyl (C=O) groups is 2. The summed E-state index contributed by atoms with van der Waals surface area (Å²) in [6.45, 7) is 3.88. The van der Waals surface area contributed by atoms with E-state index < -0.39 is 0 Å². The van der Waals surface area contributed by atoms with Crippen LogP contribution in [-0.2, 0) is 4.79 Å². The van der Waals surface area contributed by atoms with Gasteiger partial charge in [-0.3, -0.25) is 9.59 Å². The third-order valence-corrected chi connectivity index (χ3v) is 5.70. The summed E-state index contributed by atoms with van der Waals surface area (Å²) in [6.07, 6.45) is 4.06. The molecule has 1 aromatic carbocycles. The largest absolute Gasteiger partial charge is 0.341 e. The molecule has 0 spiro atoms. The lowest BCUT2D eigenvalue weighted by atomic mass is 10.0. The summed E-state index contributed by atoms with van der Waals surface area (Å²) in [4.78, 5) is 37.9. The van der Waals surface area contributed by atoms with Gasteiger partial charge in [0, 0.05) is 31.4 Å². The number of rotatable bonds is 4. The van der Waals surface area contributed by atoms with Crippen LogP contribution in [0.3, 0.4) is 0 Å². The first-order valence-corrected chi connectivity index (χ1v) is 10.2. The smallest absolute Gasteiger partial charge is 0.261 e. The quantitative estimate of drug-likeness (QED) is 0.713. The highest BCUT2D eigenvalue weighted by Gasteiger charge is 2.26. The van der Waals surface area contributed by atoms with Crippen LogP contribution in [0, 0.1) is 0 Å². The minimum Gasteiger partial charge on any atom is -0.341 e. The number of piperidine rings is 1. The fraction of sp³-hybridized carbons (Fsp3) is 0.429. The van der Waals surface area contributed by atoms with Crippen molar-refractivity contribution in [1.29, 1.82) is 0 Å². The number of nitrogens with zero attached hydrogens (tertiary/aromatic N) is 4. The van der Waals surface area contributed by atoms with Gasteiger partial charge in [0.15, 0.2) is 0 Å². The zero-order valence-electron chi connectivity index (χ0n) is 17.5. The highest BCUT2D eigenvalue weighted by Crippen LogP contribution is 2.33. The van der Waals surface area contributed by atoms with Crippen molar-refractivity contribution >= 4 is 40.6 Å². The molecular formula is C21H27N7O2. The minimum atomic E-state index is -0.288. The second-order valence-electron chi connectivity index (χ2n) is 7.82. The molecule has 2 aliphatic heterocycles. The van der Waals surface area contributed by atoms with Crippen LogP contribution in [0.2, 0.25) is 0 Å². The molecule has 0 radical (unpaired) electrons. The van der Waals surface area contributed by atoms with E-state index in [0.29, 0.717) is 46.9 Å². The number of nitrogens with one attached hydrogen (secondary N) is 3. The molecule has 2 amide bonds. The predicted molar refractivity (Wildman–Crippen MR) is 118 cm³/mol. The zero-order chi connectivity index (χ0) is 21.3. The molecule has 9 nitrogen and oxygen atoms in total. The molecule has 0 unspecified atom stereocenters. The van der Waals surface area contributed by atoms with E-state index in [1.165, 1.54) is 0 Å². The predicted octanol–water partition coefficient (Wildman–Crippen LogP) is 2.66. The van der Waals surface area contributed by atoms with Gasteiger partial charge in [-0.25, -0.2) is 4.98 Å². The van der Waals surface area contributed by atoms with E-state index in [-0.39, 0.29) is 11.8 Å². The Hall–Kier alpha value is -3.20. The van der Waals surface area contributed by atoms with Gasteiger partial charge < -0.3 is 25.8 Å². The normalized spacial score (nSPS) is 16.6. The average molecular weight is 409 g/mol. The Kier molecular flexibility index (Phi) is 5.54. The molecule has 0 aliphatic carbocycles. The van der Waals surface area contributed by atoms with Crippen molar-refractivity contribution in [3.8, 4) is 0 Å². The number of amides is 2. The summed E-state index contributed by atoms with van der Waals surface area (Å²) >= 11 is 0. The topological polar surface area (TPSA) is 102 Å². The van der Waals surface area contributed by atoms with Crippen molar-refractivity contribution in [2.75, 3.05) is 48.0 Å². The molecule has 0 atom stereocenters. The van der Waals surface area contributed by atoms with E-state index >= 15 is 0 Å². The molecule has 4 rings (SSSR count). The number of carbonyl (C=O) groups excluding carboxylic acids is 2. The lowest BCUT2D eigenvalue weighted by Crippen LogP contribution is -2.42. The van der Waals surface area contributed by atoms with Crippen LogP contribution in [0.1, 0.15) is 36.5 Å². The molecular weight excluding hydrogens is 382 g/mol. The molecule has 0 bridgehead atoms. The molecule has 1 fully saturated rings. The van der Waals surface area contributed by atoms with E-state index in [1.54, 1.807) is 25.3 Å². The monoisotopic (exact) mass is 409 g/mol. The van der Waals surface area contributed by atoms with E-state index in [4.69, 9.17) is 0 Å². The van der Waals surface area contributed by atoms with Gasteiger partial charge in [0.1, 0.15) is 11.4 Å². The fourth-order valence-electron chi connectivity index (χ4n) is 3.75. The van der Waals surface area contributed by atoms with Crippen LogP contribution in [0.15, 0.2) is 24.4 Å². The van der Waals surface area contributed by atoms with E-state index in [9.17, 15) is 9.59 Å². The molecule has 1 saturated heterocycles. The highest BCUT2D eigenvalue weighted by atomic mass is 16.2.